The third kappa shape index (κ3) is 6.70. The lowest BCUT2D eigenvalue weighted by Crippen LogP contribution is -2.52. The normalized spacial score (nSPS) is 18.2. The first-order valence-electron chi connectivity index (χ1n) is 13.1. The lowest BCUT2D eigenvalue weighted by atomic mass is 9.86. The molecule has 1 heterocycles. The van der Waals surface area contributed by atoms with Crippen molar-refractivity contribution in [2.45, 2.75) is 37.8 Å². The minimum atomic E-state index is -1.12. The molecule has 0 fully saturated rings. The molecule has 0 unspecified atom stereocenters. The molecule has 2 N–H and O–H groups in total. The zero-order valence-electron chi connectivity index (χ0n) is 22.7. The molecule has 1 amide bonds. The molecule has 8 nitrogen and oxygen atoms in total. The number of nitrogens with zero attached hydrogens (tertiary/aromatic N) is 1. The summed E-state index contributed by atoms with van der Waals surface area (Å²) in [6.45, 7) is 2.84. The number of rotatable bonds is 13. The Morgan fingerprint density at radius 2 is 1.74 bits per heavy atom. The average molecular weight is 533 g/mol. The first-order valence-corrected chi connectivity index (χ1v) is 13.1. The summed E-state index contributed by atoms with van der Waals surface area (Å²) in [4.78, 5) is 18.7. The highest BCUT2D eigenvalue weighted by molar-refractivity contribution is 6.00. The monoisotopic (exact) mass is 532 g/mol. The summed E-state index contributed by atoms with van der Waals surface area (Å²) in [7, 11) is 3.21. The molecule has 3 aromatic carbocycles. The van der Waals surface area contributed by atoms with Gasteiger partial charge in [-0.1, -0.05) is 36.4 Å². The summed E-state index contributed by atoms with van der Waals surface area (Å²) in [6.07, 6.45) is 1.12. The van der Waals surface area contributed by atoms with Crippen LogP contribution in [-0.4, -0.2) is 62.5 Å². The van der Waals surface area contributed by atoms with Gasteiger partial charge in [-0.05, 0) is 60.9 Å². The lowest BCUT2D eigenvalue weighted by molar-refractivity contribution is -0.128. The molecular formula is C31H36N2O6. The van der Waals surface area contributed by atoms with Crippen LogP contribution in [-0.2, 0) is 22.4 Å². The summed E-state index contributed by atoms with van der Waals surface area (Å²) in [5, 5.41) is 12.1. The van der Waals surface area contributed by atoms with Crippen molar-refractivity contribution in [3.8, 4) is 17.2 Å². The Morgan fingerprint density at radius 1 is 1.00 bits per heavy atom. The fraction of sp³-hybridized carbons (Fsp3) is 0.355. The number of carbonyl (C=O) groups excluding carboxylic acids is 1. The summed E-state index contributed by atoms with van der Waals surface area (Å²) >= 11 is 0. The summed E-state index contributed by atoms with van der Waals surface area (Å²) in [5.74, 6) is 2.25. The van der Waals surface area contributed by atoms with Crippen molar-refractivity contribution in [1.82, 2.24) is 5.32 Å². The quantitative estimate of drug-likeness (QED) is 0.323. The van der Waals surface area contributed by atoms with E-state index in [1.54, 1.807) is 14.2 Å². The highest BCUT2D eigenvalue weighted by Gasteiger charge is 2.50. The van der Waals surface area contributed by atoms with Gasteiger partial charge in [-0.25, -0.2) is 4.99 Å². The maximum Gasteiger partial charge on any atom is 0.252 e. The standard InChI is InChI=1S/C31H36N2O6/c1-22-31(21-24-8-5-4-6-9-24,30(35)32-17-16-23-10-15-27(36-2)28(20-23)37-3)33-29(39-22)25-11-13-26(14-12-25)38-19-7-18-34/h4-6,8-15,20,22,34H,7,16-19,21H2,1-3H3,(H,32,35)/t22-,31-/m1/s1. The van der Waals surface area contributed by atoms with Crippen LogP contribution < -0.4 is 19.5 Å². The van der Waals surface area contributed by atoms with Crippen LogP contribution >= 0.6 is 0 Å². The van der Waals surface area contributed by atoms with Crippen molar-refractivity contribution >= 4 is 11.8 Å². The number of nitrogens with one attached hydrogen (secondary N) is 1. The Bertz CT molecular complexity index is 1260. The molecule has 0 bridgehead atoms. The molecule has 0 aromatic heterocycles. The van der Waals surface area contributed by atoms with Gasteiger partial charge in [0.2, 0.25) is 5.90 Å². The van der Waals surface area contributed by atoms with Crippen LogP contribution in [0.15, 0.2) is 77.8 Å². The summed E-state index contributed by atoms with van der Waals surface area (Å²) < 4.78 is 22.6. The Labute approximate surface area is 229 Å². The SMILES string of the molecule is COc1ccc(CCNC(=O)[C@]2(Cc3ccccc3)N=C(c3ccc(OCCCO)cc3)O[C@@H]2C)cc1OC. The largest absolute Gasteiger partial charge is 0.494 e. The molecule has 2 atom stereocenters. The smallest absolute Gasteiger partial charge is 0.252 e. The zero-order valence-corrected chi connectivity index (χ0v) is 22.7. The Hall–Kier alpha value is -4.04. The molecule has 0 saturated carbocycles. The minimum Gasteiger partial charge on any atom is -0.494 e. The average Bonchev–Trinajstić information content (AvgIpc) is 3.30. The molecule has 0 radical (unpaired) electrons. The van der Waals surface area contributed by atoms with Crippen molar-refractivity contribution in [2.24, 2.45) is 4.99 Å². The molecule has 0 saturated heterocycles. The van der Waals surface area contributed by atoms with E-state index in [2.05, 4.69) is 5.32 Å². The van der Waals surface area contributed by atoms with Gasteiger partial charge >= 0.3 is 0 Å². The second-order valence-electron chi connectivity index (χ2n) is 9.41. The molecule has 4 rings (SSSR count). The number of carbonyl (C=O) groups is 1. The first-order chi connectivity index (χ1) is 19.0. The van der Waals surface area contributed by atoms with E-state index in [9.17, 15) is 4.79 Å². The topological polar surface area (TPSA) is 98.6 Å². The molecule has 206 valence electrons. The van der Waals surface area contributed by atoms with Crippen molar-refractivity contribution in [3.63, 3.8) is 0 Å². The zero-order chi connectivity index (χ0) is 27.7. The van der Waals surface area contributed by atoms with Crippen LogP contribution in [0.1, 0.15) is 30.0 Å². The van der Waals surface area contributed by atoms with Gasteiger partial charge in [-0.3, -0.25) is 4.79 Å². The van der Waals surface area contributed by atoms with Gasteiger partial charge in [0.25, 0.3) is 5.91 Å². The number of hydrogen-bond acceptors (Lipinski definition) is 7. The van der Waals surface area contributed by atoms with E-state index < -0.39 is 11.6 Å². The molecule has 3 aromatic rings. The number of amides is 1. The van der Waals surface area contributed by atoms with Crippen LogP contribution in [0, 0.1) is 0 Å². The van der Waals surface area contributed by atoms with Crippen molar-refractivity contribution in [2.75, 3.05) is 34.0 Å². The molecule has 39 heavy (non-hydrogen) atoms. The van der Waals surface area contributed by atoms with Crippen LogP contribution in [0.25, 0.3) is 0 Å². The first kappa shape index (κ1) is 28.0. The number of aliphatic hydroxyl groups excluding tert-OH is 1. The number of methoxy groups -OCH3 is 2. The van der Waals surface area contributed by atoms with Crippen LogP contribution in [0.2, 0.25) is 0 Å². The molecule has 8 heteroatoms. The fourth-order valence-corrected chi connectivity index (χ4v) is 4.56. The number of hydrogen-bond donors (Lipinski definition) is 2. The van der Waals surface area contributed by atoms with E-state index >= 15 is 0 Å². The van der Waals surface area contributed by atoms with Crippen LogP contribution in [0.3, 0.4) is 0 Å². The van der Waals surface area contributed by atoms with Crippen LogP contribution in [0.4, 0.5) is 0 Å². The molecular weight excluding hydrogens is 496 g/mol. The highest BCUT2D eigenvalue weighted by atomic mass is 16.5. The maximum absolute atomic E-state index is 13.8. The number of benzene rings is 3. The Kier molecular flexibility index (Phi) is 9.44. The van der Waals surface area contributed by atoms with E-state index in [1.807, 2.05) is 79.7 Å². The van der Waals surface area contributed by atoms with Gasteiger partial charge in [0.1, 0.15) is 11.9 Å². The maximum atomic E-state index is 13.8. The van der Waals surface area contributed by atoms with E-state index in [-0.39, 0.29) is 12.5 Å². The van der Waals surface area contributed by atoms with Crippen LogP contribution in [0.5, 0.6) is 17.2 Å². The second kappa shape index (κ2) is 13.2. The van der Waals surface area contributed by atoms with E-state index in [4.69, 9.17) is 29.0 Å². The lowest BCUT2D eigenvalue weighted by Gasteiger charge is -2.28. The van der Waals surface area contributed by atoms with Crippen molar-refractivity contribution < 1.29 is 28.8 Å². The van der Waals surface area contributed by atoms with Gasteiger partial charge in [0.15, 0.2) is 17.0 Å². The fourth-order valence-electron chi connectivity index (χ4n) is 4.56. The van der Waals surface area contributed by atoms with Gasteiger partial charge < -0.3 is 29.4 Å². The van der Waals surface area contributed by atoms with E-state index in [1.165, 1.54) is 0 Å². The van der Waals surface area contributed by atoms with Crippen molar-refractivity contribution in [3.05, 3.63) is 89.5 Å². The third-order valence-electron chi connectivity index (χ3n) is 6.79. The van der Waals surface area contributed by atoms with E-state index in [0.717, 1.165) is 16.7 Å². The third-order valence-corrected chi connectivity index (χ3v) is 6.79. The minimum absolute atomic E-state index is 0.0838. The Morgan fingerprint density at radius 3 is 2.44 bits per heavy atom. The van der Waals surface area contributed by atoms with Gasteiger partial charge in [-0.15, -0.1) is 0 Å². The predicted molar refractivity (Wildman–Crippen MR) is 150 cm³/mol. The van der Waals surface area contributed by atoms with Gasteiger partial charge in [-0.2, -0.15) is 0 Å². The Balaban J connectivity index is 1.52. The molecule has 0 aliphatic carbocycles. The number of aliphatic hydroxyl groups is 1. The van der Waals surface area contributed by atoms with Gasteiger partial charge in [0.05, 0.1) is 20.8 Å². The number of ether oxygens (including phenoxy) is 4. The predicted octanol–water partition coefficient (Wildman–Crippen LogP) is 3.97. The number of aliphatic imine (C=N–C) groups is 1. The highest BCUT2D eigenvalue weighted by Crippen LogP contribution is 2.33. The van der Waals surface area contributed by atoms with Crippen molar-refractivity contribution in [1.29, 1.82) is 0 Å². The molecule has 0 spiro atoms. The molecule has 1 aliphatic heterocycles. The summed E-state index contributed by atoms with van der Waals surface area (Å²) in [6, 6.07) is 23.0. The molecule has 1 aliphatic rings. The second-order valence-corrected chi connectivity index (χ2v) is 9.41. The van der Waals surface area contributed by atoms with Gasteiger partial charge in [0, 0.05) is 31.6 Å². The summed E-state index contributed by atoms with van der Waals surface area (Å²) in [5.41, 5.74) is 1.67. The van der Waals surface area contributed by atoms with E-state index in [0.29, 0.717) is 55.6 Å².